The smallest absolute Gasteiger partial charge is 0.210 e. The molecule has 0 fully saturated rings. The van der Waals surface area contributed by atoms with Gasteiger partial charge in [-0.15, -0.1) is 0 Å². The van der Waals surface area contributed by atoms with Crippen LogP contribution in [0.1, 0.15) is 27.2 Å². The summed E-state index contributed by atoms with van der Waals surface area (Å²) in [6.45, 7) is 6.06. The molecule has 17 heavy (non-hydrogen) atoms. The number of rotatable bonds is 3. The van der Waals surface area contributed by atoms with Crippen LogP contribution in [-0.4, -0.2) is 16.5 Å². The summed E-state index contributed by atoms with van der Waals surface area (Å²) in [5.41, 5.74) is -0.221. The van der Waals surface area contributed by atoms with Gasteiger partial charge in [0.2, 0.25) is 5.96 Å². The summed E-state index contributed by atoms with van der Waals surface area (Å²) in [6.07, 6.45) is 4.42. The maximum atomic E-state index is 8.68. The van der Waals surface area contributed by atoms with Crippen LogP contribution in [0.25, 0.3) is 0 Å². The van der Waals surface area contributed by atoms with Crippen LogP contribution in [0.3, 0.4) is 0 Å². The van der Waals surface area contributed by atoms with Gasteiger partial charge in [0.25, 0.3) is 0 Å². The highest BCUT2D eigenvalue weighted by atomic mass is 15.2. The Morgan fingerprint density at radius 1 is 1.53 bits per heavy atom. The Morgan fingerprint density at radius 2 is 2.29 bits per heavy atom. The molecular formula is C12H17N5. The first-order chi connectivity index (χ1) is 8.07. The molecule has 1 rings (SSSR count). The molecule has 0 aliphatic heterocycles. The van der Waals surface area contributed by atoms with Crippen molar-refractivity contribution in [2.45, 2.75) is 32.7 Å². The largest absolute Gasteiger partial charge is 0.310 e. The maximum Gasteiger partial charge on any atom is 0.210 e. The summed E-state index contributed by atoms with van der Waals surface area (Å²) in [5.74, 6) is 1.07. The maximum absolute atomic E-state index is 8.68. The normalized spacial score (nSPS) is 11.8. The van der Waals surface area contributed by atoms with Crippen molar-refractivity contribution in [3.63, 3.8) is 0 Å². The second kappa shape index (κ2) is 5.85. The number of hydrogen-bond donors (Lipinski definition) is 2. The third-order valence-corrected chi connectivity index (χ3v) is 2.37. The number of anilines is 1. The predicted octanol–water partition coefficient (Wildman–Crippen LogP) is 2.11. The monoisotopic (exact) mass is 231 g/mol. The lowest BCUT2D eigenvalue weighted by Crippen LogP contribution is -2.31. The van der Waals surface area contributed by atoms with E-state index in [0.29, 0.717) is 11.8 Å². The molecule has 90 valence electrons. The minimum absolute atomic E-state index is 0.221. The molecule has 1 aromatic rings. The number of hydrogen-bond acceptors (Lipinski definition) is 3. The first-order valence-electron chi connectivity index (χ1n) is 5.50. The van der Waals surface area contributed by atoms with E-state index in [1.54, 1.807) is 6.20 Å². The molecule has 0 unspecified atom stereocenters. The number of guanidine groups is 1. The first kappa shape index (κ1) is 13.0. The van der Waals surface area contributed by atoms with Crippen LogP contribution in [0.5, 0.6) is 0 Å². The van der Waals surface area contributed by atoms with Gasteiger partial charge in [-0.3, -0.25) is 5.32 Å². The molecule has 1 heterocycles. The van der Waals surface area contributed by atoms with Gasteiger partial charge in [0.1, 0.15) is 5.82 Å². The Bertz CT molecular complexity index is 416. The van der Waals surface area contributed by atoms with Crippen molar-refractivity contribution in [3.05, 3.63) is 24.4 Å². The van der Waals surface area contributed by atoms with E-state index in [4.69, 9.17) is 5.26 Å². The Hall–Kier alpha value is -2.09. The van der Waals surface area contributed by atoms with Crippen LogP contribution in [0, 0.1) is 11.5 Å². The van der Waals surface area contributed by atoms with Crippen LogP contribution in [0.2, 0.25) is 0 Å². The van der Waals surface area contributed by atoms with Gasteiger partial charge in [0.15, 0.2) is 6.19 Å². The standard InChI is InChI=1S/C12H17N5/c1-4-12(2,3)17-11(15-9-13)16-10-7-5-6-8-14-10/h5-8H,4H2,1-3H3,(H2,14,15,16,17). The van der Waals surface area contributed by atoms with Crippen LogP contribution in [0.4, 0.5) is 5.82 Å². The molecule has 2 N–H and O–H groups in total. The number of pyridine rings is 1. The van der Waals surface area contributed by atoms with Crippen LogP contribution in [0.15, 0.2) is 29.4 Å². The molecule has 5 heteroatoms. The van der Waals surface area contributed by atoms with Gasteiger partial charge in [-0.25, -0.2) is 9.98 Å². The minimum atomic E-state index is -0.221. The Kier molecular flexibility index (Phi) is 4.46. The van der Waals surface area contributed by atoms with Gasteiger partial charge in [-0.1, -0.05) is 13.0 Å². The van der Waals surface area contributed by atoms with Crippen molar-refractivity contribution < 1.29 is 0 Å². The molecule has 0 amide bonds. The molecule has 5 nitrogen and oxygen atoms in total. The number of nitriles is 1. The van der Waals surface area contributed by atoms with E-state index in [9.17, 15) is 0 Å². The van der Waals surface area contributed by atoms with E-state index in [1.807, 2.05) is 45.2 Å². The second-order valence-corrected chi connectivity index (χ2v) is 4.20. The molecule has 0 spiro atoms. The van der Waals surface area contributed by atoms with Crippen LogP contribution >= 0.6 is 0 Å². The van der Waals surface area contributed by atoms with Crippen molar-refractivity contribution in [2.24, 2.45) is 4.99 Å². The molecule has 0 aliphatic rings. The fourth-order valence-electron chi connectivity index (χ4n) is 1.08. The van der Waals surface area contributed by atoms with Crippen molar-refractivity contribution in [1.29, 1.82) is 5.26 Å². The zero-order valence-corrected chi connectivity index (χ0v) is 10.4. The lowest BCUT2D eigenvalue weighted by Gasteiger charge is -2.19. The van der Waals surface area contributed by atoms with Crippen molar-refractivity contribution in [3.8, 4) is 6.19 Å². The average Bonchev–Trinajstić information content (AvgIpc) is 2.30. The van der Waals surface area contributed by atoms with E-state index in [2.05, 4.69) is 20.6 Å². The molecular weight excluding hydrogens is 214 g/mol. The fraction of sp³-hybridized carbons (Fsp3) is 0.417. The average molecular weight is 231 g/mol. The SMILES string of the molecule is CCC(C)(C)N=C(NC#N)Nc1ccccn1. The zero-order valence-electron chi connectivity index (χ0n) is 10.4. The van der Waals surface area contributed by atoms with Crippen LogP contribution < -0.4 is 10.6 Å². The summed E-state index contributed by atoms with van der Waals surface area (Å²) in [6, 6.07) is 5.51. The van der Waals surface area contributed by atoms with Crippen molar-refractivity contribution >= 4 is 11.8 Å². The second-order valence-electron chi connectivity index (χ2n) is 4.20. The molecule has 0 aliphatic carbocycles. The highest BCUT2D eigenvalue weighted by molar-refractivity contribution is 5.93. The highest BCUT2D eigenvalue weighted by Crippen LogP contribution is 2.13. The van der Waals surface area contributed by atoms with Crippen LogP contribution in [-0.2, 0) is 0 Å². The number of nitrogens with one attached hydrogen (secondary N) is 2. The molecule has 0 radical (unpaired) electrons. The molecule has 0 aromatic carbocycles. The van der Waals surface area contributed by atoms with Gasteiger partial charge in [0.05, 0.1) is 5.54 Å². The number of aromatic nitrogens is 1. The third-order valence-electron chi connectivity index (χ3n) is 2.37. The topological polar surface area (TPSA) is 73.1 Å². The quantitative estimate of drug-likeness (QED) is 0.361. The molecule has 0 saturated carbocycles. The van der Waals surface area contributed by atoms with Gasteiger partial charge < -0.3 is 5.32 Å². The summed E-state index contributed by atoms with van der Waals surface area (Å²) < 4.78 is 0. The number of nitrogens with zero attached hydrogens (tertiary/aromatic N) is 3. The van der Waals surface area contributed by atoms with Gasteiger partial charge >= 0.3 is 0 Å². The van der Waals surface area contributed by atoms with E-state index < -0.39 is 0 Å². The van der Waals surface area contributed by atoms with Gasteiger partial charge in [-0.05, 0) is 32.4 Å². The molecule has 0 atom stereocenters. The van der Waals surface area contributed by atoms with Gasteiger partial charge in [-0.2, -0.15) is 5.26 Å². The van der Waals surface area contributed by atoms with Crippen molar-refractivity contribution in [2.75, 3.05) is 5.32 Å². The first-order valence-corrected chi connectivity index (χ1v) is 5.50. The molecule has 0 saturated heterocycles. The summed E-state index contributed by atoms with van der Waals surface area (Å²) in [5, 5.41) is 14.2. The lowest BCUT2D eigenvalue weighted by molar-refractivity contribution is 0.503. The van der Waals surface area contributed by atoms with E-state index in [1.165, 1.54) is 0 Å². The highest BCUT2D eigenvalue weighted by Gasteiger charge is 2.14. The lowest BCUT2D eigenvalue weighted by atomic mass is 10.0. The summed E-state index contributed by atoms with van der Waals surface area (Å²) >= 11 is 0. The molecule has 0 bridgehead atoms. The van der Waals surface area contributed by atoms with Crippen molar-refractivity contribution in [1.82, 2.24) is 10.3 Å². The predicted molar refractivity (Wildman–Crippen MR) is 68.4 cm³/mol. The molecule has 1 aromatic heterocycles. The summed E-state index contributed by atoms with van der Waals surface area (Å²) in [7, 11) is 0. The van der Waals surface area contributed by atoms with E-state index in [0.717, 1.165) is 6.42 Å². The zero-order chi connectivity index (χ0) is 12.7. The van der Waals surface area contributed by atoms with E-state index in [-0.39, 0.29) is 5.54 Å². The Morgan fingerprint density at radius 3 is 2.82 bits per heavy atom. The Labute approximate surface area is 102 Å². The summed E-state index contributed by atoms with van der Waals surface area (Å²) in [4.78, 5) is 8.56. The fourth-order valence-corrected chi connectivity index (χ4v) is 1.08. The van der Waals surface area contributed by atoms with E-state index >= 15 is 0 Å². The minimum Gasteiger partial charge on any atom is -0.310 e. The van der Waals surface area contributed by atoms with Gasteiger partial charge in [0, 0.05) is 6.20 Å². The Balaban J connectivity index is 2.85. The third kappa shape index (κ3) is 4.51. The number of aliphatic imine (C=N–C) groups is 1.